The number of imidazole rings is 1. The minimum atomic E-state index is -4.14. The van der Waals surface area contributed by atoms with Crippen LogP contribution in [0.5, 0.6) is 0 Å². The first-order chi connectivity index (χ1) is 8.97. The summed E-state index contributed by atoms with van der Waals surface area (Å²) in [4.78, 5) is 5.17. The molecule has 0 aromatic carbocycles. The van der Waals surface area contributed by atoms with Crippen LogP contribution in [0.2, 0.25) is 0 Å². The molecule has 104 valence electrons. The predicted molar refractivity (Wildman–Crippen MR) is 68.0 cm³/mol. The van der Waals surface area contributed by atoms with Gasteiger partial charge >= 0.3 is 6.18 Å². The van der Waals surface area contributed by atoms with Crippen LogP contribution in [0.3, 0.4) is 0 Å². The van der Waals surface area contributed by atoms with E-state index in [9.17, 15) is 13.2 Å². The lowest BCUT2D eigenvalue weighted by Crippen LogP contribution is -2.28. The number of thiophene rings is 1. The van der Waals surface area contributed by atoms with E-state index in [4.69, 9.17) is 0 Å². The maximum atomic E-state index is 12.2. The summed E-state index contributed by atoms with van der Waals surface area (Å²) in [5.74, 6) is 0.713. The van der Waals surface area contributed by atoms with E-state index >= 15 is 0 Å². The van der Waals surface area contributed by atoms with Gasteiger partial charge < -0.3 is 9.88 Å². The van der Waals surface area contributed by atoms with E-state index in [0.717, 1.165) is 4.88 Å². The second kappa shape index (κ2) is 5.75. The third kappa shape index (κ3) is 3.81. The molecule has 0 amide bonds. The fourth-order valence-electron chi connectivity index (χ4n) is 1.79. The van der Waals surface area contributed by atoms with Crippen molar-refractivity contribution >= 4 is 11.3 Å². The number of hydrogen-bond donors (Lipinski definition) is 1. The Hall–Kier alpha value is -1.34. The Morgan fingerprint density at radius 3 is 2.79 bits per heavy atom. The SMILES string of the molecule is Cn1ccnc1C(NCCC(F)(F)F)c1cccs1. The fourth-order valence-corrected chi connectivity index (χ4v) is 2.58. The zero-order chi connectivity index (χ0) is 13.9. The Balaban J connectivity index is 2.11. The molecule has 0 aliphatic heterocycles. The van der Waals surface area contributed by atoms with Gasteiger partial charge in [0, 0.05) is 30.9 Å². The van der Waals surface area contributed by atoms with Crippen LogP contribution < -0.4 is 5.32 Å². The van der Waals surface area contributed by atoms with Crippen molar-refractivity contribution in [2.75, 3.05) is 6.54 Å². The van der Waals surface area contributed by atoms with Gasteiger partial charge in [0.25, 0.3) is 0 Å². The van der Waals surface area contributed by atoms with Gasteiger partial charge in [-0.05, 0) is 11.4 Å². The molecule has 1 unspecified atom stereocenters. The molecule has 0 saturated heterocycles. The van der Waals surface area contributed by atoms with E-state index in [2.05, 4.69) is 10.3 Å². The van der Waals surface area contributed by atoms with Gasteiger partial charge in [0.1, 0.15) is 11.9 Å². The van der Waals surface area contributed by atoms with Gasteiger partial charge in [-0.2, -0.15) is 13.2 Å². The molecule has 19 heavy (non-hydrogen) atoms. The lowest BCUT2D eigenvalue weighted by Gasteiger charge is -2.18. The van der Waals surface area contributed by atoms with Crippen LogP contribution in [0.25, 0.3) is 0 Å². The highest BCUT2D eigenvalue weighted by Crippen LogP contribution is 2.25. The minimum absolute atomic E-state index is 0.126. The third-order valence-corrected chi connectivity index (χ3v) is 3.64. The van der Waals surface area contributed by atoms with Gasteiger partial charge in [0.15, 0.2) is 0 Å². The zero-order valence-corrected chi connectivity index (χ0v) is 11.1. The maximum Gasteiger partial charge on any atom is 0.390 e. The van der Waals surface area contributed by atoms with Crippen LogP contribution >= 0.6 is 11.3 Å². The van der Waals surface area contributed by atoms with Crippen LogP contribution in [-0.4, -0.2) is 22.3 Å². The molecule has 1 atom stereocenters. The van der Waals surface area contributed by atoms with Crippen LogP contribution in [0.15, 0.2) is 29.9 Å². The van der Waals surface area contributed by atoms with E-state index < -0.39 is 12.6 Å². The summed E-state index contributed by atoms with van der Waals surface area (Å²) in [6.45, 7) is -0.126. The number of rotatable bonds is 5. The van der Waals surface area contributed by atoms with Crippen molar-refractivity contribution in [2.24, 2.45) is 7.05 Å². The molecule has 1 N–H and O–H groups in total. The van der Waals surface area contributed by atoms with Crippen molar-refractivity contribution in [2.45, 2.75) is 18.6 Å². The molecule has 0 bridgehead atoms. The van der Waals surface area contributed by atoms with Crippen molar-refractivity contribution in [1.29, 1.82) is 0 Å². The summed E-state index contributed by atoms with van der Waals surface area (Å²) >= 11 is 1.50. The molecule has 0 aliphatic rings. The Morgan fingerprint density at radius 2 is 2.26 bits per heavy atom. The number of aromatic nitrogens is 2. The summed E-state index contributed by atoms with van der Waals surface area (Å²) in [5, 5.41) is 4.83. The fraction of sp³-hybridized carbons (Fsp3) is 0.417. The summed E-state index contributed by atoms with van der Waals surface area (Å²) in [5.41, 5.74) is 0. The van der Waals surface area contributed by atoms with Gasteiger partial charge in [0.05, 0.1) is 6.42 Å². The van der Waals surface area contributed by atoms with Crippen molar-refractivity contribution in [1.82, 2.24) is 14.9 Å². The summed E-state index contributed by atoms with van der Waals surface area (Å²) in [6.07, 6.45) is -1.57. The average Bonchev–Trinajstić information content (AvgIpc) is 2.94. The molecule has 0 spiro atoms. The van der Waals surface area contributed by atoms with Gasteiger partial charge in [-0.1, -0.05) is 6.07 Å². The smallest absolute Gasteiger partial charge is 0.336 e. The van der Waals surface area contributed by atoms with E-state index in [1.807, 2.05) is 29.1 Å². The molecule has 2 rings (SSSR count). The third-order valence-electron chi connectivity index (χ3n) is 2.70. The van der Waals surface area contributed by atoms with Crippen LogP contribution in [0, 0.1) is 0 Å². The number of nitrogens with zero attached hydrogens (tertiary/aromatic N) is 2. The Labute approximate surface area is 113 Å². The number of alkyl halides is 3. The Morgan fingerprint density at radius 1 is 1.47 bits per heavy atom. The number of hydrogen-bond acceptors (Lipinski definition) is 3. The van der Waals surface area contributed by atoms with E-state index in [0.29, 0.717) is 5.82 Å². The molecular formula is C12H14F3N3S. The maximum absolute atomic E-state index is 12.2. The Kier molecular flexibility index (Phi) is 4.26. The lowest BCUT2D eigenvalue weighted by molar-refractivity contribution is -0.133. The van der Waals surface area contributed by atoms with Crippen molar-refractivity contribution in [3.63, 3.8) is 0 Å². The summed E-state index contributed by atoms with van der Waals surface area (Å²) < 4.78 is 38.4. The molecule has 0 aliphatic carbocycles. The van der Waals surface area contributed by atoms with Crippen molar-refractivity contribution in [3.8, 4) is 0 Å². The quantitative estimate of drug-likeness (QED) is 0.916. The van der Waals surface area contributed by atoms with E-state index in [1.165, 1.54) is 11.3 Å². The van der Waals surface area contributed by atoms with Crippen LogP contribution in [0.4, 0.5) is 13.2 Å². The largest absolute Gasteiger partial charge is 0.390 e. The Bertz CT molecular complexity index is 505. The molecule has 2 heterocycles. The van der Waals surface area contributed by atoms with Gasteiger partial charge in [-0.3, -0.25) is 0 Å². The molecular weight excluding hydrogens is 275 g/mol. The molecule has 0 saturated carbocycles. The second-order valence-electron chi connectivity index (χ2n) is 4.16. The molecule has 0 radical (unpaired) electrons. The first-order valence-corrected chi connectivity index (χ1v) is 6.66. The van der Waals surface area contributed by atoms with E-state index in [1.54, 1.807) is 12.4 Å². The van der Waals surface area contributed by atoms with Crippen molar-refractivity contribution < 1.29 is 13.2 Å². The highest BCUT2D eigenvalue weighted by Gasteiger charge is 2.27. The minimum Gasteiger partial charge on any atom is -0.336 e. The predicted octanol–water partition coefficient (Wildman–Crippen LogP) is 3.11. The molecule has 2 aromatic heterocycles. The molecule has 0 fully saturated rings. The number of aryl methyl sites for hydroxylation is 1. The molecule has 7 heteroatoms. The highest BCUT2D eigenvalue weighted by molar-refractivity contribution is 7.10. The number of halogens is 3. The van der Waals surface area contributed by atoms with E-state index in [-0.39, 0.29) is 12.6 Å². The topological polar surface area (TPSA) is 29.9 Å². The first-order valence-electron chi connectivity index (χ1n) is 5.78. The molecule has 3 nitrogen and oxygen atoms in total. The number of nitrogens with one attached hydrogen (secondary N) is 1. The highest BCUT2D eigenvalue weighted by atomic mass is 32.1. The normalized spacial score (nSPS) is 13.7. The lowest BCUT2D eigenvalue weighted by atomic mass is 10.2. The first kappa shape index (κ1) is 14.1. The van der Waals surface area contributed by atoms with Crippen LogP contribution in [-0.2, 0) is 7.05 Å². The van der Waals surface area contributed by atoms with Crippen molar-refractivity contribution in [3.05, 3.63) is 40.6 Å². The van der Waals surface area contributed by atoms with Gasteiger partial charge in [0.2, 0.25) is 0 Å². The average molecular weight is 289 g/mol. The van der Waals surface area contributed by atoms with Gasteiger partial charge in [-0.15, -0.1) is 11.3 Å². The van der Waals surface area contributed by atoms with Gasteiger partial charge in [-0.25, -0.2) is 4.98 Å². The monoisotopic (exact) mass is 289 g/mol. The molecule has 2 aromatic rings. The summed E-state index contributed by atoms with van der Waals surface area (Å²) in [6, 6.07) is 3.47. The van der Waals surface area contributed by atoms with Crippen LogP contribution in [0.1, 0.15) is 23.2 Å². The zero-order valence-electron chi connectivity index (χ0n) is 10.3. The standard InChI is InChI=1S/C12H14F3N3S/c1-18-7-6-17-11(18)10(9-3-2-8-19-9)16-5-4-12(13,14)15/h2-3,6-8,10,16H,4-5H2,1H3. The second-order valence-corrected chi connectivity index (χ2v) is 5.14. The summed E-state index contributed by atoms with van der Waals surface area (Å²) in [7, 11) is 1.83.